The number of allylic oxidation sites excluding steroid dienone is 1. The largest absolute Gasteiger partial charge is 0.497 e. The van der Waals surface area contributed by atoms with Gasteiger partial charge in [0.1, 0.15) is 5.75 Å². The summed E-state index contributed by atoms with van der Waals surface area (Å²) in [6, 6.07) is 23.2. The summed E-state index contributed by atoms with van der Waals surface area (Å²) < 4.78 is 28.7. The molecule has 0 saturated heterocycles. The maximum atomic E-state index is 13.7. The molecule has 2 aliphatic heterocycles. The number of benzene rings is 4. The summed E-state index contributed by atoms with van der Waals surface area (Å²) in [6.07, 6.45) is 10.7. The smallest absolute Gasteiger partial charge is 0.260 e. The van der Waals surface area contributed by atoms with Crippen LogP contribution < -0.4 is 29.0 Å². The van der Waals surface area contributed by atoms with Gasteiger partial charge in [0.2, 0.25) is 0 Å². The molecule has 0 spiro atoms. The lowest BCUT2D eigenvalue weighted by molar-refractivity contribution is 0.0817. The number of amides is 1. The lowest BCUT2D eigenvalue weighted by Gasteiger charge is -2.19. The summed E-state index contributed by atoms with van der Waals surface area (Å²) in [6.45, 7) is 9.35. The van der Waals surface area contributed by atoms with Crippen molar-refractivity contribution in [1.29, 1.82) is 0 Å². The Morgan fingerprint density at radius 3 is 2.24 bits per heavy atom. The molecule has 0 aromatic heterocycles. The Hall–Kier alpha value is -6.36. The Kier molecular flexibility index (Phi) is 14.0. The Labute approximate surface area is 341 Å². The maximum absolute atomic E-state index is 13.7. The average Bonchev–Trinajstić information content (AvgIpc) is 3.63. The number of carbonyl (C=O) groups is 2. The standard InChI is InChI=1S/C47H52N4O7/c1-31(2)50-37-16-12-33(13-17-37)32(3)11-10-20-48-41-26-45(43(55-5)24-36(41)30-52)57-21-8-7-9-22-58-46-27-42-40(25-44(46)56-6)47(53)51-29-35(23-38(51)28-49-42)34-14-18-39(54-4)19-15-34/h12-20,24-31,38,50H,3,7-11,21-23H2,1-2,4-6H3/b48-20-. The molecule has 1 atom stereocenters. The van der Waals surface area contributed by atoms with E-state index in [0.29, 0.717) is 77.6 Å². The summed E-state index contributed by atoms with van der Waals surface area (Å²) in [5, 5.41) is 3.40. The minimum Gasteiger partial charge on any atom is -0.497 e. The zero-order valence-corrected chi connectivity index (χ0v) is 34.0. The van der Waals surface area contributed by atoms with E-state index in [9.17, 15) is 9.59 Å². The molecular formula is C47H52N4O7. The van der Waals surface area contributed by atoms with E-state index in [1.165, 1.54) is 0 Å². The number of ether oxygens (including phenoxy) is 5. The number of aliphatic imine (C=N–C) groups is 2. The fraction of sp³-hybridized carbons (Fsp3) is 0.319. The molecule has 1 unspecified atom stereocenters. The molecular weight excluding hydrogens is 733 g/mol. The highest BCUT2D eigenvalue weighted by Crippen LogP contribution is 2.40. The molecule has 302 valence electrons. The topological polar surface area (TPSA) is 120 Å². The van der Waals surface area contributed by atoms with Gasteiger partial charge in [-0.15, -0.1) is 0 Å². The van der Waals surface area contributed by atoms with Gasteiger partial charge in [-0.05, 0) is 105 Å². The average molecular weight is 785 g/mol. The third-order valence-corrected chi connectivity index (χ3v) is 9.97. The SMILES string of the molecule is C=C(CC/C=N\c1cc(OCCCCCOc2cc3c(cc2OC)C(=O)N2C=C(c4ccc(OC)cc4)CC2C=N3)c(OC)cc1C=O)c1ccc(NC(C)C)cc1. The molecule has 2 heterocycles. The zero-order valence-electron chi connectivity index (χ0n) is 34.0. The highest BCUT2D eigenvalue weighted by molar-refractivity contribution is 6.05. The third kappa shape index (κ3) is 10.1. The van der Waals surface area contributed by atoms with Gasteiger partial charge in [-0.2, -0.15) is 0 Å². The van der Waals surface area contributed by atoms with Gasteiger partial charge in [0.05, 0.1) is 57.5 Å². The second-order valence-electron chi connectivity index (χ2n) is 14.4. The number of aldehydes is 1. The molecule has 58 heavy (non-hydrogen) atoms. The third-order valence-electron chi connectivity index (χ3n) is 9.97. The Morgan fingerprint density at radius 2 is 1.59 bits per heavy atom. The fourth-order valence-corrected chi connectivity index (χ4v) is 6.85. The number of hydrogen-bond donors (Lipinski definition) is 1. The van der Waals surface area contributed by atoms with Gasteiger partial charge >= 0.3 is 0 Å². The molecule has 4 aromatic carbocycles. The minimum atomic E-state index is -0.185. The quantitative estimate of drug-likeness (QED) is 0.0534. The van der Waals surface area contributed by atoms with Crippen molar-refractivity contribution in [3.05, 3.63) is 108 Å². The lowest BCUT2D eigenvalue weighted by atomic mass is 10.0. The molecule has 1 amide bonds. The van der Waals surface area contributed by atoms with Gasteiger partial charge in [0.25, 0.3) is 5.91 Å². The number of nitrogens with zero attached hydrogens (tertiary/aromatic N) is 3. The van der Waals surface area contributed by atoms with Crippen LogP contribution in [0.2, 0.25) is 0 Å². The van der Waals surface area contributed by atoms with Crippen LogP contribution in [0.15, 0.2) is 95.6 Å². The summed E-state index contributed by atoms with van der Waals surface area (Å²) in [5.74, 6) is 2.64. The normalized spacial score (nSPS) is 14.4. The summed E-state index contributed by atoms with van der Waals surface area (Å²) in [5.41, 5.74) is 7.23. The monoisotopic (exact) mass is 784 g/mol. The number of methoxy groups -OCH3 is 3. The first kappa shape index (κ1) is 41.3. The second kappa shape index (κ2) is 19.7. The van der Waals surface area contributed by atoms with Crippen LogP contribution in [0.3, 0.4) is 0 Å². The van der Waals surface area contributed by atoms with Crippen LogP contribution in [0.1, 0.15) is 84.2 Å². The molecule has 6 rings (SSSR count). The van der Waals surface area contributed by atoms with E-state index in [1.54, 1.807) is 50.5 Å². The predicted molar refractivity (Wildman–Crippen MR) is 232 cm³/mol. The van der Waals surface area contributed by atoms with Gasteiger partial charge < -0.3 is 33.9 Å². The van der Waals surface area contributed by atoms with Crippen LogP contribution in [0.5, 0.6) is 28.7 Å². The van der Waals surface area contributed by atoms with Gasteiger partial charge in [0, 0.05) is 54.5 Å². The number of fused-ring (bicyclic) bond motifs is 2. The van der Waals surface area contributed by atoms with Crippen LogP contribution in [0.25, 0.3) is 11.1 Å². The molecule has 11 heteroatoms. The summed E-state index contributed by atoms with van der Waals surface area (Å²) >= 11 is 0. The van der Waals surface area contributed by atoms with E-state index in [-0.39, 0.29) is 11.9 Å². The van der Waals surface area contributed by atoms with Crippen molar-refractivity contribution >= 4 is 52.8 Å². The Balaban J connectivity index is 0.981. The molecule has 0 saturated carbocycles. The van der Waals surface area contributed by atoms with E-state index in [4.69, 9.17) is 28.7 Å². The van der Waals surface area contributed by atoms with Gasteiger partial charge in [-0.1, -0.05) is 30.8 Å². The lowest BCUT2D eigenvalue weighted by Crippen LogP contribution is -2.32. The zero-order chi connectivity index (χ0) is 41.0. The molecule has 2 aliphatic rings. The first-order valence-electron chi connectivity index (χ1n) is 19.6. The van der Waals surface area contributed by atoms with Crippen molar-refractivity contribution in [2.24, 2.45) is 9.98 Å². The van der Waals surface area contributed by atoms with Crippen LogP contribution in [-0.2, 0) is 0 Å². The summed E-state index contributed by atoms with van der Waals surface area (Å²) in [4.78, 5) is 36.7. The highest BCUT2D eigenvalue weighted by Gasteiger charge is 2.33. The number of hydrogen-bond acceptors (Lipinski definition) is 10. The fourth-order valence-electron chi connectivity index (χ4n) is 6.85. The van der Waals surface area contributed by atoms with E-state index < -0.39 is 0 Å². The first-order valence-corrected chi connectivity index (χ1v) is 19.6. The molecule has 0 fully saturated rings. The van der Waals surface area contributed by atoms with E-state index in [2.05, 4.69) is 55.0 Å². The molecule has 0 aliphatic carbocycles. The Morgan fingerprint density at radius 1 is 0.897 bits per heavy atom. The van der Waals surface area contributed by atoms with Crippen LogP contribution >= 0.6 is 0 Å². The molecule has 1 N–H and O–H groups in total. The van der Waals surface area contributed by atoms with Crippen molar-refractivity contribution in [3.63, 3.8) is 0 Å². The Bertz CT molecular complexity index is 2170. The maximum Gasteiger partial charge on any atom is 0.260 e. The van der Waals surface area contributed by atoms with E-state index in [0.717, 1.165) is 65.7 Å². The van der Waals surface area contributed by atoms with Crippen molar-refractivity contribution in [2.75, 3.05) is 39.9 Å². The van der Waals surface area contributed by atoms with Gasteiger partial charge in [-0.3, -0.25) is 19.6 Å². The predicted octanol–water partition coefficient (Wildman–Crippen LogP) is 10.1. The number of rotatable bonds is 20. The van der Waals surface area contributed by atoms with Crippen LogP contribution in [0, 0.1) is 0 Å². The molecule has 4 aromatic rings. The second-order valence-corrected chi connectivity index (χ2v) is 14.4. The van der Waals surface area contributed by atoms with Crippen molar-refractivity contribution in [3.8, 4) is 28.7 Å². The molecule has 0 bridgehead atoms. The van der Waals surface area contributed by atoms with Gasteiger partial charge in [0.15, 0.2) is 29.3 Å². The first-order chi connectivity index (χ1) is 28.2. The van der Waals surface area contributed by atoms with Gasteiger partial charge in [-0.25, -0.2) is 0 Å². The van der Waals surface area contributed by atoms with Crippen molar-refractivity contribution in [1.82, 2.24) is 4.90 Å². The van der Waals surface area contributed by atoms with Crippen LogP contribution in [0.4, 0.5) is 17.1 Å². The number of nitrogens with one attached hydrogen (secondary N) is 1. The molecule has 0 radical (unpaired) electrons. The van der Waals surface area contributed by atoms with E-state index in [1.807, 2.05) is 42.9 Å². The summed E-state index contributed by atoms with van der Waals surface area (Å²) in [7, 11) is 4.75. The molecule has 11 nitrogen and oxygen atoms in total. The number of unbranched alkanes of at least 4 members (excludes halogenated alkanes) is 2. The number of carbonyl (C=O) groups excluding carboxylic acids is 2. The van der Waals surface area contributed by atoms with Crippen LogP contribution in [-0.4, -0.2) is 76.1 Å². The minimum absolute atomic E-state index is 0.138. The van der Waals surface area contributed by atoms with Crippen molar-refractivity contribution in [2.45, 2.75) is 64.5 Å². The number of anilines is 1. The van der Waals surface area contributed by atoms with E-state index >= 15 is 0 Å². The van der Waals surface area contributed by atoms with Crippen molar-refractivity contribution < 1.29 is 33.3 Å². The highest BCUT2D eigenvalue weighted by atomic mass is 16.5.